The fourth-order valence-corrected chi connectivity index (χ4v) is 2.47. The first-order chi connectivity index (χ1) is 9.66. The fourth-order valence-electron chi connectivity index (χ4n) is 2.21. The number of aromatic nitrogens is 1. The van der Waals surface area contributed by atoms with E-state index in [0.717, 1.165) is 26.7 Å². The molecule has 2 N–H and O–H groups in total. The maximum atomic E-state index is 5.98. The van der Waals surface area contributed by atoms with Gasteiger partial charge in [-0.1, -0.05) is 57.5 Å². The van der Waals surface area contributed by atoms with Gasteiger partial charge in [0, 0.05) is 10.0 Å². The molecule has 0 aliphatic carbocycles. The third kappa shape index (κ3) is 2.23. The number of nitrogens with zero attached hydrogens (tertiary/aromatic N) is 1. The van der Waals surface area contributed by atoms with Gasteiger partial charge < -0.3 is 10.3 Å². The Hall–Kier alpha value is -2.07. The Morgan fingerprint density at radius 3 is 2.45 bits per heavy atom. The molecule has 2 aromatic carbocycles. The van der Waals surface area contributed by atoms with Crippen molar-refractivity contribution in [3.63, 3.8) is 0 Å². The second-order valence-electron chi connectivity index (χ2n) is 4.59. The van der Waals surface area contributed by atoms with E-state index in [0.29, 0.717) is 11.6 Å². The summed E-state index contributed by atoms with van der Waals surface area (Å²) < 4.78 is 6.48. The molecule has 0 amide bonds. The molecular formula is C16H13BrN2O. The lowest BCUT2D eigenvalue weighted by Crippen LogP contribution is -1.89. The van der Waals surface area contributed by atoms with Crippen molar-refractivity contribution in [1.29, 1.82) is 0 Å². The molecule has 0 fully saturated rings. The van der Waals surface area contributed by atoms with Gasteiger partial charge in [0.25, 0.3) is 0 Å². The Bertz CT molecular complexity index is 747. The SMILES string of the molecule is Cc1ccccc1-c1onc(N)c1-c1ccc(Br)cc1. The van der Waals surface area contributed by atoms with Crippen LogP contribution in [0.2, 0.25) is 0 Å². The third-order valence-electron chi connectivity index (χ3n) is 3.24. The molecule has 1 aromatic heterocycles. The predicted octanol–water partition coefficient (Wildman–Crippen LogP) is 4.66. The average Bonchev–Trinajstić information content (AvgIpc) is 2.82. The minimum absolute atomic E-state index is 0.408. The molecule has 0 saturated heterocycles. The average molecular weight is 329 g/mol. The molecule has 100 valence electrons. The first-order valence-corrected chi connectivity index (χ1v) is 7.03. The van der Waals surface area contributed by atoms with Crippen LogP contribution in [-0.2, 0) is 0 Å². The van der Waals surface area contributed by atoms with Crippen LogP contribution in [0, 0.1) is 6.92 Å². The normalized spacial score (nSPS) is 10.7. The van der Waals surface area contributed by atoms with Gasteiger partial charge in [0.1, 0.15) is 0 Å². The van der Waals surface area contributed by atoms with Crippen molar-refractivity contribution in [2.75, 3.05) is 5.73 Å². The molecule has 1 heterocycles. The molecule has 4 heteroatoms. The lowest BCUT2D eigenvalue weighted by atomic mass is 9.99. The van der Waals surface area contributed by atoms with Gasteiger partial charge in [0.2, 0.25) is 0 Å². The highest BCUT2D eigenvalue weighted by Crippen LogP contribution is 2.38. The Balaban J connectivity index is 2.20. The van der Waals surface area contributed by atoms with Crippen LogP contribution in [0.15, 0.2) is 57.5 Å². The fraction of sp³-hybridized carbons (Fsp3) is 0.0625. The summed E-state index contributed by atoms with van der Waals surface area (Å²) in [4.78, 5) is 0. The summed E-state index contributed by atoms with van der Waals surface area (Å²) >= 11 is 3.43. The smallest absolute Gasteiger partial charge is 0.177 e. The van der Waals surface area contributed by atoms with E-state index in [1.54, 1.807) is 0 Å². The number of nitrogen functional groups attached to an aromatic ring is 1. The molecule has 0 saturated carbocycles. The van der Waals surface area contributed by atoms with E-state index in [-0.39, 0.29) is 0 Å². The monoisotopic (exact) mass is 328 g/mol. The van der Waals surface area contributed by atoms with Gasteiger partial charge in [-0.3, -0.25) is 0 Å². The van der Waals surface area contributed by atoms with Crippen LogP contribution in [0.1, 0.15) is 5.56 Å². The third-order valence-corrected chi connectivity index (χ3v) is 3.77. The van der Waals surface area contributed by atoms with Crippen molar-refractivity contribution in [3.8, 4) is 22.5 Å². The molecule has 20 heavy (non-hydrogen) atoms. The van der Waals surface area contributed by atoms with Gasteiger partial charge in [0.15, 0.2) is 11.6 Å². The Morgan fingerprint density at radius 2 is 1.75 bits per heavy atom. The van der Waals surface area contributed by atoms with E-state index in [1.165, 1.54) is 0 Å². The lowest BCUT2D eigenvalue weighted by Gasteiger charge is -2.05. The van der Waals surface area contributed by atoms with E-state index in [2.05, 4.69) is 21.1 Å². The van der Waals surface area contributed by atoms with Crippen LogP contribution in [0.3, 0.4) is 0 Å². The number of hydrogen-bond acceptors (Lipinski definition) is 3. The topological polar surface area (TPSA) is 52.0 Å². The van der Waals surface area contributed by atoms with Gasteiger partial charge in [-0.25, -0.2) is 0 Å². The summed E-state index contributed by atoms with van der Waals surface area (Å²) in [6.45, 7) is 2.04. The summed E-state index contributed by atoms with van der Waals surface area (Å²) in [5, 5.41) is 3.92. The Labute approximate surface area is 125 Å². The molecular weight excluding hydrogens is 316 g/mol. The van der Waals surface area contributed by atoms with E-state index in [4.69, 9.17) is 10.3 Å². The van der Waals surface area contributed by atoms with Crippen LogP contribution < -0.4 is 5.73 Å². The van der Waals surface area contributed by atoms with Gasteiger partial charge >= 0.3 is 0 Å². The number of benzene rings is 2. The zero-order chi connectivity index (χ0) is 14.1. The zero-order valence-electron chi connectivity index (χ0n) is 10.9. The first kappa shape index (κ1) is 12.9. The molecule has 3 aromatic rings. The Morgan fingerprint density at radius 1 is 1.05 bits per heavy atom. The summed E-state index contributed by atoms with van der Waals surface area (Å²) in [7, 11) is 0. The second-order valence-corrected chi connectivity index (χ2v) is 5.51. The predicted molar refractivity (Wildman–Crippen MR) is 84.2 cm³/mol. The second kappa shape index (κ2) is 5.13. The Kier molecular flexibility index (Phi) is 3.32. The molecule has 3 nitrogen and oxygen atoms in total. The number of hydrogen-bond donors (Lipinski definition) is 1. The van der Waals surface area contributed by atoms with Crippen LogP contribution in [0.4, 0.5) is 5.82 Å². The number of aryl methyl sites for hydroxylation is 1. The van der Waals surface area contributed by atoms with Gasteiger partial charge in [-0.2, -0.15) is 0 Å². The number of rotatable bonds is 2. The summed E-state index contributed by atoms with van der Waals surface area (Å²) in [6, 6.07) is 16.0. The van der Waals surface area contributed by atoms with Gasteiger partial charge in [-0.15, -0.1) is 0 Å². The van der Waals surface area contributed by atoms with E-state index in [9.17, 15) is 0 Å². The van der Waals surface area contributed by atoms with Crippen LogP contribution >= 0.6 is 15.9 Å². The van der Waals surface area contributed by atoms with Crippen LogP contribution in [-0.4, -0.2) is 5.16 Å². The van der Waals surface area contributed by atoms with Crippen molar-refractivity contribution >= 4 is 21.7 Å². The van der Waals surface area contributed by atoms with E-state index >= 15 is 0 Å². The molecule has 0 radical (unpaired) electrons. The van der Waals surface area contributed by atoms with Crippen LogP contribution in [0.5, 0.6) is 0 Å². The van der Waals surface area contributed by atoms with E-state index in [1.807, 2.05) is 55.5 Å². The lowest BCUT2D eigenvalue weighted by molar-refractivity contribution is 0.436. The summed E-state index contributed by atoms with van der Waals surface area (Å²) in [6.07, 6.45) is 0. The van der Waals surface area contributed by atoms with Crippen molar-refractivity contribution in [1.82, 2.24) is 5.16 Å². The highest BCUT2D eigenvalue weighted by atomic mass is 79.9. The molecule has 0 bridgehead atoms. The van der Waals surface area contributed by atoms with Gasteiger partial charge in [-0.05, 0) is 30.2 Å². The van der Waals surface area contributed by atoms with Crippen molar-refractivity contribution in [2.45, 2.75) is 6.92 Å². The van der Waals surface area contributed by atoms with Crippen LogP contribution in [0.25, 0.3) is 22.5 Å². The largest absolute Gasteiger partial charge is 0.380 e. The summed E-state index contributed by atoms with van der Waals surface area (Å²) in [5.41, 5.74) is 9.95. The van der Waals surface area contributed by atoms with Gasteiger partial charge in [0.05, 0.1) is 5.56 Å². The minimum Gasteiger partial charge on any atom is -0.380 e. The standard InChI is InChI=1S/C16H13BrN2O/c1-10-4-2-3-5-13(10)15-14(16(18)19-20-15)11-6-8-12(17)9-7-11/h2-9H,1H3,(H2,18,19). The molecule has 0 aliphatic rings. The maximum absolute atomic E-state index is 5.98. The molecule has 0 atom stereocenters. The number of anilines is 1. The molecule has 0 aliphatic heterocycles. The first-order valence-electron chi connectivity index (χ1n) is 6.24. The maximum Gasteiger partial charge on any atom is 0.177 e. The number of halogens is 1. The zero-order valence-corrected chi connectivity index (χ0v) is 12.5. The molecule has 0 unspecified atom stereocenters. The summed E-state index contributed by atoms with van der Waals surface area (Å²) in [5.74, 6) is 1.12. The van der Waals surface area contributed by atoms with Crippen molar-refractivity contribution in [3.05, 3.63) is 58.6 Å². The van der Waals surface area contributed by atoms with E-state index < -0.39 is 0 Å². The molecule has 0 spiro atoms. The van der Waals surface area contributed by atoms with Crippen molar-refractivity contribution in [2.24, 2.45) is 0 Å². The highest BCUT2D eigenvalue weighted by molar-refractivity contribution is 9.10. The highest BCUT2D eigenvalue weighted by Gasteiger charge is 2.18. The molecule has 3 rings (SSSR count). The number of nitrogens with two attached hydrogens (primary N) is 1. The minimum atomic E-state index is 0.408. The quantitative estimate of drug-likeness (QED) is 0.744. The van der Waals surface area contributed by atoms with Crippen molar-refractivity contribution < 1.29 is 4.52 Å².